The molecule has 0 saturated heterocycles. The number of amidine groups is 1. The molecular weight excluding hydrogens is 226 g/mol. The smallest absolute Gasteiger partial charge is 0.161 e. The SMILES string of the molecule is CCn1nc(C)cc1C(=NC1CCCCC1)NN. The second-order valence-corrected chi connectivity index (χ2v) is 4.90. The molecule has 0 radical (unpaired) electrons. The first kappa shape index (κ1) is 13.1. The largest absolute Gasteiger partial charge is 0.307 e. The fourth-order valence-electron chi connectivity index (χ4n) is 2.55. The zero-order chi connectivity index (χ0) is 13.0. The summed E-state index contributed by atoms with van der Waals surface area (Å²) in [5.41, 5.74) is 4.73. The lowest BCUT2D eigenvalue weighted by atomic mass is 9.96. The molecule has 1 heterocycles. The van der Waals surface area contributed by atoms with E-state index in [0.29, 0.717) is 6.04 Å². The molecule has 0 spiro atoms. The van der Waals surface area contributed by atoms with Crippen molar-refractivity contribution in [2.24, 2.45) is 10.8 Å². The van der Waals surface area contributed by atoms with Crippen LogP contribution in [-0.2, 0) is 6.54 Å². The highest BCUT2D eigenvalue weighted by atomic mass is 15.3. The number of aliphatic imine (C=N–C) groups is 1. The van der Waals surface area contributed by atoms with Gasteiger partial charge in [-0.15, -0.1) is 0 Å². The fourth-order valence-corrected chi connectivity index (χ4v) is 2.55. The normalized spacial score (nSPS) is 18.1. The van der Waals surface area contributed by atoms with Crippen LogP contribution in [0.2, 0.25) is 0 Å². The van der Waals surface area contributed by atoms with E-state index < -0.39 is 0 Å². The maximum absolute atomic E-state index is 5.63. The topological polar surface area (TPSA) is 68.2 Å². The lowest BCUT2D eigenvalue weighted by Crippen LogP contribution is -2.34. The summed E-state index contributed by atoms with van der Waals surface area (Å²) in [6.07, 6.45) is 6.23. The van der Waals surface area contributed by atoms with Gasteiger partial charge in [0, 0.05) is 6.54 Å². The Morgan fingerprint density at radius 3 is 2.83 bits per heavy atom. The molecule has 0 aliphatic heterocycles. The minimum atomic E-state index is 0.408. The highest BCUT2D eigenvalue weighted by Crippen LogP contribution is 2.21. The van der Waals surface area contributed by atoms with Crippen LogP contribution in [0, 0.1) is 6.92 Å². The quantitative estimate of drug-likeness (QED) is 0.371. The van der Waals surface area contributed by atoms with Crippen molar-refractivity contribution in [1.29, 1.82) is 0 Å². The van der Waals surface area contributed by atoms with Gasteiger partial charge in [-0.2, -0.15) is 5.10 Å². The van der Waals surface area contributed by atoms with Crippen LogP contribution >= 0.6 is 0 Å². The Kier molecular flexibility index (Phi) is 4.36. The molecule has 5 heteroatoms. The highest BCUT2D eigenvalue weighted by molar-refractivity contribution is 5.97. The Labute approximate surface area is 108 Å². The summed E-state index contributed by atoms with van der Waals surface area (Å²) in [5.74, 6) is 6.40. The van der Waals surface area contributed by atoms with Crippen molar-refractivity contribution >= 4 is 5.84 Å². The van der Waals surface area contributed by atoms with Crippen LogP contribution in [0.1, 0.15) is 50.4 Å². The molecule has 1 aromatic rings. The lowest BCUT2D eigenvalue weighted by molar-refractivity contribution is 0.442. The molecule has 0 amide bonds. The van der Waals surface area contributed by atoms with E-state index >= 15 is 0 Å². The minimum absolute atomic E-state index is 0.408. The Bertz CT molecular complexity index is 415. The predicted molar refractivity (Wildman–Crippen MR) is 73.4 cm³/mol. The number of hydrogen-bond donors (Lipinski definition) is 2. The van der Waals surface area contributed by atoms with Gasteiger partial charge in [0.25, 0.3) is 0 Å². The van der Waals surface area contributed by atoms with Crippen LogP contribution in [0.4, 0.5) is 0 Å². The van der Waals surface area contributed by atoms with E-state index in [4.69, 9.17) is 10.8 Å². The zero-order valence-electron chi connectivity index (χ0n) is 11.3. The minimum Gasteiger partial charge on any atom is -0.307 e. The van der Waals surface area contributed by atoms with Crippen LogP contribution in [0.5, 0.6) is 0 Å². The third kappa shape index (κ3) is 2.90. The van der Waals surface area contributed by atoms with Crippen molar-refractivity contribution in [2.75, 3.05) is 0 Å². The number of hydrazine groups is 1. The molecule has 3 N–H and O–H groups in total. The van der Waals surface area contributed by atoms with E-state index in [-0.39, 0.29) is 0 Å². The Morgan fingerprint density at radius 1 is 1.50 bits per heavy atom. The lowest BCUT2D eigenvalue weighted by Gasteiger charge is -2.19. The third-order valence-electron chi connectivity index (χ3n) is 3.47. The van der Waals surface area contributed by atoms with E-state index in [0.717, 1.165) is 23.8 Å². The van der Waals surface area contributed by atoms with Crippen LogP contribution in [0.3, 0.4) is 0 Å². The van der Waals surface area contributed by atoms with Gasteiger partial charge in [-0.3, -0.25) is 9.67 Å². The molecule has 1 aliphatic carbocycles. The third-order valence-corrected chi connectivity index (χ3v) is 3.47. The van der Waals surface area contributed by atoms with Crippen molar-refractivity contribution in [3.8, 4) is 0 Å². The molecule has 1 fully saturated rings. The maximum Gasteiger partial charge on any atom is 0.161 e. The molecule has 2 rings (SSSR count). The average Bonchev–Trinajstić information content (AvgIpc) is 2.78. The average molecular weight is 249 g/mol. The first-order valence-electron chi connectivity index (χ1n) is 6.83. The molecule has 5 nitrogen and oxygen atoms in total. The molecule has 1 saturated carbocycles. The van der Waals surface area contributed by atoms with Crippen molar-refractivity contribution < 1.29 is 0 Å². The molecular formula is C13H23N5. The number of aromatic nitrogens is 2. The molecule has 1 aromatic heterocycles. The van der Waals surface area contributed by atoms with Crippen molar-refractivity contribution in [2.45, 2.75) is 58.5 Å². The van der Waals surface area contributed by atoms with Crippen molar-refractivity contribution in [3.05, 3.63) is 17.5 Å². The van der Waals surface area contributed by atoms with E-state index in [1.54, 1.807) is 0 Å². The van der Waals surface area contributed by atoms with Crippen molar-refractivity contribution in [1.82, 2.24) is 15.2 Å². The number of rotatable bonds is 3. The van der Waals surface area contributed by atoms with Crippen LogP contribution in [0.15, 0.2) is 11.1 Å². The van der Waals surface area contributed by atoms with Gasteiger partial charge in [0.2, 0.25) is 0 Å². The summed E-state index contributed by atoms with van der Waals surface area (Å²) in [5, 5.41) is 4.43. The van der Waals surface area contributed by atoms with Gasteiger partial charge >= 0.3 is 0 Å². The van der Waals surface area contributed by atoms with Gasteiger partial charge in [-0.25, -0.2) is 5.84 Å². The Morgan fingerprint density at radius 2 is 2.22 bits per heavy atom. The number of aryl methyl sites for hydroxylation is 2. The summed E-state index contributed by atoms with van der Waals surface area (Å²) >= 11 is 0. The second kappa shape index (κ2) is 6.00. The first-order chi connectivity index (χ1) is 8.74. The summed E-state index contributed by atoms with van der Waals surface area (Å²) in [6.45, 7) is 4.89. The molecule has 100 valence electrons. The molecule has 0 atom stereocenters. The molecule has 1 aliphatic rings. The van der Waals surface area contributed by atoms with Crippen LogP contribution in [-0.4, -0.2) is 21.7 Å². The van der Waals surface area contributed by atoms with Gasteiger partial charge in [-0.05, 0) is 32.8 Å². The van der Waals surface area contributed by atoms with Gasteiger partial charge in [0.1, 0.15) is 5.69 Å². The molecule has 0 aromatic carbocycles. The number of nitrogens with two attached hydrogens (primary N) is 1. The molecule has 0 unspecified atom stereocenters. The highest BCUT2D eigenvalue weighted by Gasteiger charge is 2.16. The summed E-state index contributed by atoms with van der Waals surface area (Å²) in [6, 6.07) is 2.44. The summed E-state index contributed by atoms with van der Waals surface area (Å²) in [7, 11) is 0. The summed E-state index contributed by atoms with van der Waals surface area (Å²) in [4.78, 5) is 4.77. The van der Waals surface area contributed by atoms with Gasteiger partial charge in [0.05, 0.1) is 11.7 Å². The van der Waals surface area contributed by atoms with Crippen LogP contribution < -0.4 is 11.3 Å². The first-order valence-corrected chi connectivity index (χ1v) is 6.83. The number of nitrogens with zero attached hydrogens (tertiary/aromatic N) is 3. The standard InChI is InChI=1S/C13H23N5/c1-3-18-12(9-10(2)17-18)13(16-14)15-11-7-5-4-6-8-11/h9,11H,3-8,14H2,1-2H3,(H,15,16). The fraction of sp³-hybridized carbons (Fsp3) is 0.692. The number of hydrogen-bond acceptors (Lipinski definition) is 3. The summed E-state index contributed by atoms with van der Waals surface area (Å²) < 4.78 is 1.94. The van der Waals surface area contributed by atoms with E-state index in [9.17, 15) is 0 Å². The Balaban J connectivity index is 2.23. The van der Waals surface area contributed by atoms with Gasteiger partial charge in [0.15, 0.2) is 5.84 Å². The predicted octanol–water partition coefficient (Wildman–Crippen LogP) is 1.75. The van der Waals surface area contributed by atoms with Gasteiger partial charge < -0.3 is 5.43 Å². The monoisotopic (exact) mass is 249 g/mol. The van der Waals surface area contributed by atoms with E-state index in [1.165, 1.54) is 32.1 Å². The van der Waals surface area contributed by atoms with Gasteiger partial charge in [-0.1, -0.05) is 19.3 Å². The van der Waals surface area contributed by atoms with Crippen molar-refractivity contribution in [3.63, 3.8) is 0 Å². The van der Waals surface area contributed by atoms with Crippen LogP contribution in [0.25, 0.3) is 0 Å². The Hall–Kier alpha value is -1.36. The molecule has 18 heavy (non-hydrogen) atoms. The maximum atomic E-state index is 5.63. The zero-order valence-corrected chi connectivity index (χ0v) is 11.3. The van der Waals surface area contributed by atoms with E-state index in [1.807, 2.05) is 17.7 Å². The second-order valence-electron chi connectivity index (χ2n) is 4.90. The number of nitrogens with one attached hydrogen (secondary N) is 1. The van der Waals surface area contributed by atoms with E-state index in [2.05, 4.69) is 17.4 Å². The molecule has 0 bridgehead atoms.